The Labute approximate surface area is 523 Å². The molecule has 2 aromatic carbocycles. The van der Waals surface area contributed by atoms with E-state index in [1.807, 2.05) is 170 Å². The number of hydrogen-bond acceptors (Lipinski definition) is 16. The van der Waals surface area contributed by atoms with Gasteiger partial charge < -0.3 is 27.2 Å². The zero-order chi connectivity index (χ0) is 56.6. The van der Waals surface area contributed by atoms with Crippen LogP contribution in [0.2, 0.25) is 0 Å². The van der Waals surface area contributed by atoms with E-state index < -0.39 is 0 Å². The molecular weight excluding hydrogens is 1170 g/mol. The van der Waals surface area contributed by atoms with Gasteiger partial charge in [-0.3, -0.25) is 59.5 Å². The van der Waals surface area contributed by atoms with Crippen molar-refractivity contribution in [2.45, 2.75) is 91.6 Å². The van der Waals surface area contributed by atoms with Crippen LogP contribution < -0.4 is 11.5 Å². The molecule has 10 aromatic rings. The minimum absolute atomic E-state index is 0. The van der Waals surface area contributed by atoms with E-state index in [9.17, 15) is 10.2 Å². The molecule has 428 valence electrons. The molecule has 0 spiro atoms. The summed E-state index contributed by atoms with van der Waals surface area (Å²) >= 11 is 0. The molecule has 85 heavy (non-hydrogen) atoms. The number of nitrogens with zero attached hydrogens (tertiary/aromatic N) is 12. The molecule has 0 unspecified atom stereocenters. The maximum absolute atomic E-state index is 11.6. The molecule has 0 atom stereocenters. The molecule has 17 nitrogen and oxygen atoms in total. The van der Waals surface area contributed by atoms with Gasteiger partial charge in [0.15, 0.2) is 0 Å². The number of benzene rings is 2. The van der Waals surface area contributed by atoms with Gasteiger partial charge in [-0.2, -0.15) is 0 Å². The minimum atomic E-state index is 0. The van der Waals surface area contributed by atoms with Crippen LogP contribution in [-0.2, 0) is 131 Å². The zero-order valence-corrected chi connectivity index (χ0v) is 53.9. The summed E-state index contributed by atoms with van der Waals surface area (Å²) in [5.41, 5.74) is 25.2. The van der Waals surface area contributed by atoms with Crippen LogP contribution in [0.5, 0.6) is 11.5 Å². The molecule has 0 radical (unpaired) electrons. The summed E-state index contributed by atoms with van der Waals surface area (Å²) in [7, 11) is 0. The molecule has 0 aliphatic carbocycles. The topological polar surface area (TPSA) is 240 Å². The van der Waals surface area contributed by atoms with Gasteiger partial charge in [-0.15, -0.1) is 0 Å². The van der Waals surface area contributed by atoms with Crippen molar-refractivity contribution >= 4 is 0 Å². The van der Waals surface area contributed by atoms with E-state index >= 15 is 0 Å². The first kappa shape index (κ1) is 66.3. The summed E-state index contributed by atoms with van der Waals surface area (Å²) in [6, 6.07) is 55.4. The van der Waals surface area contributed by atoms with Gasteiger partial charge in [-0.1, -0.05) is 48.5 Å². The van der Waals surface area contributed by atoms with Crippen molar-refractivity contribution in [2.75, 3.05) is 0 Å². The van der Waals surface area contributed by atoms with Crippen molar-refractivity contribution in [1.29, 1.82) is 0 Å². The molecule has 8 N–H and O–H groups in total. The third-order valence-corrected chi connectivity index (χ3v) is 13.6. The van der Waals surface area contributed by atoms with E-state index in [0.717, 1.165) is 78.9 Å². The maximum atomic E-state index is 11.6. The Morgan fingerprint density at radius 3 is 0.565 bits per heavy atom. The van der Waals surface area contributed by atoms with Gasteiger partial charge in [0, 0.05) is 202 Å². The third kappa shape index (κ3) is 21.3. The maximum Gasteiger partial charge on any atom is 0.124 e. The van der Waals surface area contributed by atoms with Gasteiger partial charge in [-0.05, 0) is 132 Å². The minimum Gasteiger partial charge on any atom is -0.507 e. The van der Waals surface area contributed by atoms with E-state index in [0.29, 0.717) is 91.6 Å². The van der Waals surface area contributed by atoms with Crippen molar-refractivity contribution in [1.82, 2.24) is 59.5 Å². The fraction of sp³-hybridized carbons (Fsp3) is 0.212. The molecule has 8 aromatic heterocycles. The molecule has 10 rings (SSSR count). The van der Waals surface area contributed by atoms with Gasteiger partial charge in [0.2, 0.25) is 0 Å². The molecule has 19 heteroatoms. The van der Waals surface area contributed by atoms with Crippen LogP contribution in [0.3, 0.4) is 0 Å². The first-order chi connectivity index (χ1) is 40.3. The van der Waals surface area contributed by atoms with Crippen molar-refractivity contribution in [3.63, 3.8) is 0 Å². The molecule has 0 aliphatic heterocycles. The molecule has 0 saturated heterocycles. The molecular formula is C66H72N14O3Zn2. The number of nitrogens with two attached hydrogens (primary N) is 2. The zero-order valence-electron chi connectivity index (χ0n) is 48.0. The van der Waals surface area contributed by atoms with Crippen LogP contribution in [0.4, 0.5) is 0 Å². The Balaban J connectivity index is 0.000000263. The van der Waals surface area contributed by atoms with Gasteiger partial charge >= 0.3 is 0 Å². The van der Waals surface area contributed by atoms with Gasteiger partial charge in [-0.25, -0.2) is 0 Å². The first-order valence-corrected chi connectivity index (χ1v) is 27.5. The summed E-state index contributed by atoms with van der Waals surface area (Å²) in [5, 5.41) is 23.2. The summed E-state index contributed by atoms with van der Waals surface area (Å²) in [6.45, 7) is 7.73. The number of pyridine rings is 8. The number of aromatic hydroxyl groups is 2. The quantitative estimate of drug-likeness (QED) is 0.0370. The second-order valence-corrected chi connectivity index (χ2v) is 20.1. The standard InChI is InChI=1S/2C33H35N7O.H2O.2Zn/c2*34-19-26-17-27(20-39(22-29-9-1-5-13-35-29)23-30-10-2-6-14-36-30)33(41)28(18-26)21-40(24-31-11-3-7-15-37-31)25-32-12-4-8-16-38-32;;;/h2*1-18,41H,19-25,34H2;1H2;;. The summed E-state index contributed by atoms with van der Waals surface area (Å²) in [4.78, 5) is 45.2. The molecule has 0 aliphatic rings. The van der Waals surface area contributed by atoms with E-state index in [-0.39, 0.29) is 55.9 Å². The fourth-order valence-corrected chi connectivity index (χ4v) is 9.78. The van der Waals surface area contributed by atoms with Crippen LogP contribution in [0.25, 0.3) is 0 Å². The number of hydrogen-bond donors (Lipinski definition) is 4. The first-order valence-electron chi connectivity index (χ1n) is 27.5. The Kier molecular flexibility index (Phi) is 27.7. The number of phenolic OH excluding ortho intramolecular Hbond substituents is 2. The predicted molar refractivity (Wildman–Crippen MR) is 321 cm³/mol. The second kappa shape index (κ2) is 35.5. The molecule has 8 heterocycles. The van der Waals surface area contributed by atoms with E-state index in [4.69, 9.17) is 11.5 Å². The average Bonchev–Trinajstić information content (AvgIpc) is 3.64. The largest absolute Gasteiger partial charge is 0.507 e. The molecule has 0 amide bonds. The van der Waals surface area contributed by atoms with E-state index in [1.165, 1.54) is 0 Å². The van der Waals surface area contributed by atoms with Gasteiger partial charge in [0.05, 0.1) is 45.6 Å². The van der Waals surface area contributed by atoms with Crippen LogP contribution >= 0.6 is 0 Å². The second-order valence-electron chi connectivity index (χ2n) is 20.1. The van der Waals surface area contributed by atoms with Crippen molar-refractivity contribution in [3.05, 3.63) is 298 Å². The van der Waals surface area contributed by atoms with Gasteiger partial charge in [0.25, 0.3) is 0 Å². The Morgan fingerprint density at radius 1 is 0.271 bits per heavy atom. The smallest absolute Gasteiger partial charge is 0.124 e. The van der Waals surface area contributed by atoms with Crippen molar-refractivity contribution in [2.24, 2.45) is 11.5 Å². The van der Waals surface area contributed by atoms with Crippen molar-refractivity contribution < 1.29 is 54.6 Å². The van der Waals surface area contributed by atoms with Crippen LogP contribution in [0.15, 0.2) is 219 Å². The van der Waals surface area contributed by atoms with Crippen molar-refractivity contribution in [3.8, 4) is 11.5 Å². The Morgan fingerprint density at radius 2 is 0.435 bits per heavy atom. The summed E-state index contributed by atoms with van der Waals surface area (Å²) in [5.74, 6) is 0.558. The van der Waals surface area contributed by atoms with Crippen LogP contribution in [0, 0.1) is 0 Å². The average molecular weight is 1240 g/mol. The van der Waals surface area contributed by atoms with Crippen LogP contribution in [0.1, 0.15) is 78.9 Å². The number of phenols is 2. The summed E-state index contributed by atoms with van der Waals surface area (Å²) in [6.07, 6.45) is 14.4. The molecule has 0 saturated carbocycles. The SMILES string of the molecule is NCc1cc(CN(Cc2ccccn2)Cc2ccccn2)c(O)c(CN(Cc2ccccn2)Cc2ccccn2)c1.NCc1cc(CN(Cc2ccccn2)Cc2ccccn2)c(O)c(CN(Cc2ccccn2)Cc2ccccn2)c1.O.[Zn].[Zn]. The van der Waals surface area contributed by atoms with Crippen LogP contribution in [-0.4, -0.2) is 75.2 Å². The molecule has 0 bridgehead atoms. The van der Waals surface area contributed by atoms with E-state index in [1.54, 1.807) is 49.6 Å². The predicted octanol–water partition coefficient (Wildman–Crippen LogP) is 8.84. The Bertz CT molecular complexity index is 2840. The fourth-order valence-electron chi connectivity index (χ4n) is 9.78. The summed E-state index contributed by atoms with van der Waals surface area (Å²) < 4.78 is 0. The number of rotatable bonds is 26. The normalized spacial score (nSPS) is 10.9. The molecule has 0 fully saturated rings. The Hall–Kier alpha value is -7.79. The van der Waals surface area contributed by atoms with Gasteiger partial charge in [0.1, 0.15) is 11.5 Å². The monoisotopic (exact) mass is 1240 g/mol. The number of aromatic nitrogens is 8. The van der Waals surface area contributed by atoms with E-state index in [2.05, 4.69) is 59.5 Å². The third-order valence-electron chi connectivity index (χ3n) is 13.6.